The van der Waals surface area contributed by atoms with E-state index < -0.39 is 0 Å². The van der Waals surface area contributed by atoms with E-state index in [1.54, 1.807) is 0 Å². The van der Waals surface area contributed by atoms with Crippen molar-refractivity contribution < 1.29 is 10.2 Å². The van der Waals surface area contributed by atoms with E-state index in [0.29, 0.717) is 5.95 Å². The Labute approximate surface area is 101 Å². The SMILES string of the molecule is Cc1cc(C)nc(N2C(CO)CCC2CO)n1. The van der Waals surface area contributed by atoms with Crippen molar-refractivity contribution in [2.24, 2.45) is 0 Å². The van der Waals surface area contributed by atoms with Gasteiger partial charge in [0.2, 0.25) is 5.95 Å². The summed E-state index contributed by atoms with van der Waals surface area (Å²) in [5, 5.41) is 18.7. The highest BCUT2D eigenvalue weighted by Crippen LogP contribution is 2.28. The van der Waals surface area contributed by atoms with Gasteiger partial charge in [0.15, 0.2) is 0 Å². The number of aliphatic hydroxyl groups is 2. The molecule has 17 heavy (non-hydrogen) atoms. The Balaban J connectivity index is 2.34. The number of aryl methyl sites for hydroxylation is 2. The molecule has 0 amide bonds. The van der Waals surface area contributed by atoms with Gasteiger partial charge in [-0.3, -0.25) is 0 Å². The molecule has 2 rings (SSSR count). The monoisotopic (exact) mass is 237 g/mol. The summed E-state index contributed by atoms with van der Waals surface area (Å²) in [4.78, 5) is 10.8. The molecule has 2 heterocycles. The second kappa shape index (κ2) is 4.98. The van der Waals surface area contributed by atoms with Crippen molar-refractivity contribution in [3.63, 3.8) is 0 Å². The number of hydrogen-bond acceptors (Lipinski definition) is 5. The number of hydrogen-bond donors (Lipinski definition) is 2. The van der Waals surface area contributed by atoms with Gasteiger partial charge in [0.1, 0.15) is 0 Å². The van der Waals surface area contributed by atoms with Crippen LogP contribution in [0.1, 0.15) is 24.2 Å². The van der Waals surface area contributed by atoms with E-state index in [1.807, 2.05) is 24.8 Å². The number of nitrogens with zero attached hydrogens (tertiary/aromatic N) is 3. The smallest absolute Gasteiger partial charge is 0.226 e. The minimum Gasteiger partial charge on any atom is -0.394 e. The maximum absolute atomic E-state index is 9.37. The topological polar surface area (TPSA) is 69.5 Å². The molecule has 1 fully saturated rings. The first kappa shape index (κ1) is 12.3. The Kier molecular flexibility index (Phi) is 3.59. The van der Waals surface area contributed by atoms with Crippen LogP contribution >= 0.6 is 0 Å². The highest BCUT2D eigenvalue weighted by atomic mass is 16.3. The molecule has 94 valence electrons. The van der Waals surface area contributed by atoms with Crippen molar-refractivity contribution in [2.75, 3.05) is 18.1 Å². The fourth-order valence-corrected chi connectivity index (χ4v) is 2.47. The lowest BCUT2D eigenvalue weighted by Gasteiger charge is -2.28. The standard InChI is InChI=1S/C12H19N3O2/c1-8-5-9(2)14-12(13-8)15-10(6-16)3-4-11(15)7-17/h5,10-11,16-17H,3-4,6-7H2,1-2H3. The van der Waals surface area contributed by atoms with Crippen LogP contribution in [0.5, 0.6) is 0 Å². The largest absolute Gasteiger partial charge is 0.394 e. The molecule has 1 aliphatic rings. The zero-order valence-corrected chi connectivity index (χ0v) is 10.3. The zero-order chi connectivity index (χ0) is 12.4. The molecule has 0 bridgehead atoms. The van der Waals surface area contributed by atoms with Gasteiger partial charge in [-0.25, -0.2) is 9.97 Å². The average molecular weight is 237 g/mol. The normalized spacial score (nSPS) is 24.4. The van der Waals surface area contributed by atoms with Gasteiger partial charge >= 0.3 is 0 Å². The number of rotatable bonds is 3. The van der Waals surface area contributed by atoms with E-state index in [1.165, 1.54) is 0 Å². The van der Waals surface area contributed by atoms with Gasteiger partial charge in [-0.1, -0.05) is 0 Å². The quantitative estimate of drug-likeness (QED) is 0.797. The van der Waals surface area contributed by atoms with E-state index in [9.17, 15) is 10.2 Å². The first-order valence-electron chi connectivity index (χ1n) is 5.98. The van der Waals surface area contributed by atoms with E-state index in [-0.39, 0.29) is 25.3 Å². The average Bonchev–Trinajstić information content (AvgIpc) is 2.70. The van der Waals surface area contributed by atoms with Crippen LogP contribution in [0.4, 0.5) is 5.95 Å². The molecule has 1 aliphatic heterocycles. The molecular formula is C12H19N3O2. The van der Waals surface area contributed by atoms with Crippen molar-refractivity contribution in [3.8, 4) is 0 Å². The second-order valence-corrected chi connectivity index (χ2v) is 4.61. The van der Waals surface area contributed by atoms with Crippen LogP contribution < -0.4 is 4.90 Å². The Morgan fingerprint density at radius 3 is 2.00 bits per heavy atom. The van der Waals surface area contributed by atoms with Crippen LogP contribution in [0.25, 0.3) is 0 Å². The van der Waals surface area contributed by atoms with Crippen molar-refractivity contribution >= 4 is 5.95 Å². The lowest BCUT2D eigenvalue weighted by atomic mass is 10.2. The molecule has 2 N–H and O–H groups in total. The van der Waals surface area contributed by atoms with Gasteiger partial charge in [0.05, 0.1) is 25.3 Å². The van der Waals surface area contributed by atoms with E-state index in [2.05, 4.69) is 9.97 Å². The van der Waals surface area contributed by atoms with Crippen LogP contribution in [-0.2, 0) is 0 Å². The lowest BCUT2D eigenvalue weighted by molar-refractivity contribution is 0.246. The van der Waals surface area contributed by atoms with Crippen LogP contribution in [0.2, 0.25) is 0 Å². The molecule has 1 saturated heterocycles. The lowest BCUT2D eigenvalue weighted by Crippen LogP contribution is -2.41. The highest BCUT2D eigenvalue weighted by molar-refractivity contribution is 5.37. The molecule has 1 aromatic heterocycles. The van der Waals surface area contributed by atoms with Crippen LogP contribution in [0.3, 0.4) is 0 Å². The molecule has 0 saturated carbocycles. The molecule has 2 unspecified atom stereocenters. The van der Waals surface area contributed by atoms with Crippen molar-refractivity contribution in [1.29, 1.82) is 0 Å². The Hall–Kier alpha value is -1.20. The summed E-state index contributed by atoms with van der Waals surface area (Å²) in [6.45, 7) is 4.01. The molecular weight excluding hydrogens is 218 g/mol. The molecule has 5 nitrogen and oxygen atoms in total. The zero-order valence-electron chi connectivity index (χ0n) is 10.3. The van der Waals surface area contributed by atoms with Gasteiger partial charge in [-0.05, 0) is 32.8 Å². The van der Waals surface area contributed by atoms with Gasteiger partial charge in [-0.2, -0.15) is 0 Å². The number of aromatic nitrogens is 2. The fraction of sp³-hybridized carbons (Fsp3) is 0.667. The van der Waals surface area contributed by atoms with Gasteiger partial charge in [-0.15, -0.1) is 0 Å². The van der Waals surface area contributed by atoms with Crippen molar-refractivity contribution in [2.45, 2.75) is 38.8 Å². The summed E-state index contributed by atoms with van der Waals surface area (Å²) >= 11 is 0. The maximum atomic E-state index is 9.37. The third-order valence-corrected chi connectivity index (χ3v) is 3.24. The Morgan fingerprint density at radius 1 is 1.12 bits per heavy atom. The van der Waals surface area contributed by atoms with Crippen LogP contribution in [-0.4, -0.2) is 45.5 Å². The summed E-state index contributed by atoms with van der Waals surface area (Å²) in [6, 6.07) is 1.96. The third-order valence-electron chi connectivity index (χ3n) is 3.24. The number of anilines is 1. The molecule has 2 atom stereocenters. The molecule has 0 aliphatic carbocycles. The first-order valence-corrected chi connectivity index (χ1v) is 5.98. The van der Waals surface area contributed by atoms with E-state index >= 15 is 0 Å². The highest BCUT2D eigenvalue weighted by Gasteiger charge is 2.34. The van der Waals surface area contributed by atoms with Crippen LogP contribution in [0.15, 0.2) is 6.07 Å². The van der Waals surface area contributed by atoms with Crippen LogP contribution in [0, 0.1) is 13.8 Å². The predicted octanol–water partition coefficient (Wildman–Crippen LogP) is 0.415. The fourth-order valence-electron chi connectivity index (χ4n) is 2.47. The minimum absolute atomic E-state index is 0.0216. The van der Waals surface area contributed by atoms with Crippen molar-refractivity contribution in [3.05, 3.63) is 17.5 Å². The van der Waals surface area contributed by atoms with E-state index in [0.717, 1.165) is 24.2 Å². The summed E-state index contributed by atoms with van der Waals surface area (Å²) in [6.07, 6.45) is 1.75. The summed E-state index contributed by atoms with van der Waals surface area (Å²) < 4.78 is 0. The van der Waals surface area contributed by atoms with E-state index in [4.69, 9.17) is 0 Å². The maximum Gasteiger partial charge on any atom is 0.226 e. The Morgan fingerprint density at radius 2 is 1.59 bits per heavy atom. The summed E-state index contributed by atoms with van der Waals surface area (Å²) in [7, 11) is 0. The molecule has 1 aromatic rings. The number of aliphatic hydroxyl groups excluding tert-OH is 2. The van der Waals surface area contributed by atoms with Crippen molar-refractivity contribution in [1.82, 2.24) is 9.97 Å². The van der Waals surface area contributed by atoms with Gasteiger partial charge < -0.3 is 15.1 Å². The van der Waals surface area contributed by atoms with Gasteiger partial charge in [0, 0.05) is 11.4 Å². The molecule has 0 spiro atoms. The minimum atomic E-state index is 0.0216. The summed E-state index contributed by atoms with van der Waals surface area (Å²) in [5.74, 6) is 0.623. The molecule has 0 aromatic carbocycles. The molecule has 5 heteroatoms. The summed E-state index contributed by atoms with van der Waals surface area (Å²) in [5.41, 5.74) is 1.82. The first-order chi connectivity index (χ1) is 8.15. The second-order valence-electron chi connectivity index (χ2n) is 4.61. The molecule has 0 radical (unpaired) electrons. The Bertz CT molecular complexity index is 365. The van der Waals surface area contributed by atoms with Gasteiger partial charge in [0.25, 0.3) is 0 Å². The third kappa shape index (κ3) is 2.40. The predicted molar refractivity (Wildman–Crippen MR) is 65.0 cm³/mol.